The molecule has 9 heteroatoms. The van der Waals surface area contributed by atoms with Crippen molar-refractivity contribution in [2.75, 3.05) is 14.2 Å². The monoisotopic (exact) mass is 460 g/mol. The van der Waals surface area contributed by atoms with Gasteiger partial charge in [-0.05, 0) is 25.1 Å². The van der Waals surface area contributed by atoms with Gasteiger partial charge in [0.25, 0.3) is 5.56 Å². The number of carbonyl (C=O) groups excluding carboxylic acids is 1. The van der Waals surface area contributed by atoms with Crippen molar-refractivity contribution in [3.63, 3.8) is 0 Å². The van der Waals surface area contributed by atoms with Gasteiger partial charge >= 0.3 is 5.97 Å². The van der Waals surface area contributed by atoms with Crippen molar-refractivity contribution >= 4 is 16.9 Å². The van der Waals surface area contributed by atoms with Gasteiger partial charge in [-0.1, -0.05) is 0 Å². The first kappa shape index (κ1) is 21.7. The number of carbonyl (C=O) groups is 1. The van der Waals surface area contributed by atoms with Crippen molar-refractivity contribution in [3.05, 3.63) is 75.7 Å². The Morgan fingerprint density at radius 1 is 1.24 bits per heavy atom. The molecule has 0 spiro atoms. The number of aromatic nitrogens is 4. The molecule has 9 nitrogen and oxygen atoms in total. The maximum absolute atomic E-state index is 13.7. The molecule has 1 N–H and O–H groups in total. The van der Waals surface area contributed by atoms with E-state index in [1.54, 1.807) is 24.2 Å². The van der Waals surface area contributed by atoms with E-state index in [1.165, 1.54) is 7.11 Å². The molecule has 1 aliphatic rings. The standard InChI is InChI=1S/C25H24N4O5/c1-14-8-21-23(25(31)29(14)7-6-16-12-26-13-27-16)18(11-22(30)33-3)19-9-15-4-5-17(32-2)10-20(15)28-24(19)34-21/h4-5,8-10,12-13,18H,6-7,11H2,1-3H3,(H,26,27)/t18-/m0/s1. The Kier molecular flexibility index (Phi) is 5.53. The van der Waals surface area contributed by atoms with Crippen LogP contribution in [0.15, 0.2) is 47.7 Å². The summed E-state index contributed by atoms with van der Waals surface area (Å²) in [4.78, 5) is 37.8. The third kappa shape index (κ3) is 3.79. The first-order valence-corrected chi connectivity index (χ1v) is 10.9. The normalized spacial score (nSPS) is 14.3. The van der Waals surface area contributed by atoms with E-state index in [-0.39, 0.29) is 12.0 Å². The van der Waals surface area contributed by atoms with Gasteiger partial charge in [0.15, 0.2) is 0 Å². The molecule has 0 saturated heterocycles. The third-order valence-electron chi connectivity index (χ3n) is 6.21. The molecule has 0 amide bonds. The summed E-state index contributed by atoms with van der Waals surface area (Å²) in [5.74, 6) is 0.505. The molecule has 1 atom stereocenters. The average molecular weight is 460 g/mol. The smallest absolute Gasteiger partial charge is 0.306 e. The van der Waals surface area contributed by atoms with Crippen molar-refractivity contribution in [1.29, 1.82) is 0 Å². The number of nitrogens with one attached hydrogen (secondary N) is 1. The fourth-order valence-electron chi connectivity index (χ4n) is 4.42. The van der Waals surface area contributed by atoms with E-state index in [0.29, 0.717) is 47.0 Å². The lowest BCUT2D eigenvalue weighted by Gasteiger charge is -2.28. The van der Waals surface area contributed by atoms with E-state index in [4.69, 9.17) is 14.2 Å². The highest BCUT2D eigenvalue weighted by Crippen LogP contribution is 2.45. The molecule has 0 radical (unpaired) electrons. The number of aromatic amines is 1. The second kappa shape index (κ2) is 8.66. The van der Waals surface area contributed by atoms with E-state index >= 15 is 0 Å². The molecule has 3 aromatic heterocycles. The maximum Gasteiger partial charge on any atom is 0.306 e. The van der Waals surface area contributed by atoms with Gasteiger partial charge in [0.1, 0.15) is 11.5 Å². The van der Waals surface area contributed by atoms with Crippen LogP contribution in [0.5, 0.6) is 17.4 Å². The highest BCUT2D eigenvalue weighted by molar-refractivity contribution is 5.83. The largest absolute Gasteiger partial charge is 0.497 e. The molecule has 0 unspecified atom stereocenters. The van der Waals surface area contributed by atoms with E-state index in [2.05, 4.69) is 15.0 Å². The fourth-order valence-corrected chi connectivity index (χ4v) is 4.42. The summed E-state index contributed by atoms with van der Waals surface area (Å²) < 4.78 is 18.1. The van der Waals surface area contributed by atoms with E-state index < -0.39 is 11.9 Å². The van der Waals surface area contributed by atoms with Crippen molar-refractivity contribution in [2.45, 2.75) is 32.2 Å². The highest BCUT2D eigenvalue weighted by Gasteiger charge is 2.34. The summed E-state index contributed by atoms with van der Waals surface area (Å²) in [7, 11) is 2.94. The van der Waals surface area contributed by atoms with Crippen molar-refractivity contribution in [2.24, 2.45) is 0 Å². The average Bonchev–Trinajstić information content (AvgIpc) is 3.35. The van der Waals surface area contributed by atoms with E-state index in [1.807, 2.05) is 37.3 Å². The van der Waals surface area contributed by atoms with Gasteiger partial charge in [0, 0.05) is 59.6 Å². The maximum atomic E-state index is 13.7. The topological polar surface area (TPSA) is 108 Å². The number of methoxy groups -OCH3 is 2. The number of ether oxygens (including phenoxy) is 3. The van der Waals surface area contributed by atoms with Crippen LogP contribution in [0, 0.1) is 6.92 Å². The van der Waals surface area contributed by atoms with Crippen LogP contribution in [-0.4, -0.2) is 39.7 Å². The van der Waals surface area contributed by atoms with Crippen LogP contribution in [0.1, 0.15) is 34.9 Å². The highest BCUT2D eigenvalue weighted by atomic mass is 16.5. The molecule has 34 heavy (non-hydrogen) atoms. The molecular formula is C25H24N4O5. The van der Waals surface area contributed by atoms with E-state index in [0.717, 1.165) is 16.8 Å². The number of hydrogen-bond donors (Lipinski definition) is 1. The van der Waals surface area contributed by atoms with Gasteiger partial charge in [0.05, 0.1) is 38.0 Å². The molecule has 4 aromatic rings. The van der Waals surface area contributed by atoms with Crippen molar-refractivity contribution in [1.82, 2.24) is 19.5 Å². The van der Waals surface area contributed by atoms with Gasteiger partial charge in [0.2, 0.25) is 5.88 Å². The molecular weight excluding hydrogens is 436 g/mol. The Hall–Kier alpha value is -4.14. The van der Waals surface area contributed by atoms with Crippen LogP contribution in [0.2, 0.25) is 0 Å². The van der Waals surface area contributed by atoms with Crippen LogP contribution in [0.3, 0.4) is 0 Å². The van der Waals surface area contributed by atoms with Gasteiger partial charge in [-0.25, -0.2) is 9.97 Å². The lowest BCUT2D eigenvalue weighted by molar-refractivity contribution is -0.140. The number of aryl methyl sites for hydroxylation is 2. The van der Waals surface area contributed by atoms with Gasteiger partial charge in [-0.3, -0.25) is 9.59 Å². The number of rotatable bonds is 6. The summed E-state index contributed by atoms with van der Waals surface area (Å²) in [5, 5.41) is 0.855. The molecule has 0 aliphatic carbocycles. The summed E-state index contributed by atoms with van der Waals surface area (Å²) in [6.45, 7) is 2.33. The fraction of sp³-hybridized carbons (Fsp3) is 0.280. The quantitative estimate of drug-likeness (QED) is 0.439. The zero-order chi connectivity index (χ0) is 23.8. The van der Waals surface area contributed by atoms with Crippen LogP contribution in [0.4, 0.5) is 0 Å². The van der Waals surface area contributed by atoms with E-state index in [9.17, 15) is 9.59 Å². The number of fused-ring (bicyclic) bond motifs is 3. The molecule has 0 fully saturated rings. The van der Waals surface area contributed by atoms with Gasteiger partial charge < -0.3 is 23.8 Å². The van der Waals surface area contributed by atoms with Gasteiger partial charge in [-0.2, -0.15) is 0 Å². The molecule has 1 aromatic carbocycles. The first-order chi connectivity index (χ1) is 16.5. The predicted octanol–water partition coefficient (Wildman–Crippen LogP) is 3.48. The Bertz CT molecular complexity index is 1440. The molecule has 0 saturated carbocycles. The molecule has 174 valence electrons. The van der Waals surface area contributed by atoms with Gasteiger partial charge in [-0.15, -0.1) is 0 Å². The summed E-state index contributed by atoms with van der Waals surface area (Å²) in [6, 6.07) is 9.30. The predicted molar refractivity (Wildman–Crippen MR) is 125 cm³/mol. The van der Waals surface area contributed by atoms with Crippen LogP contribution >= 0.6 is 0 Å². The lowest BCUT2D eigenvalue weighted by atomic mass is 9.86. The molecule has 0 bridgehead atoms. The number of nitrogens with zero attached hydrogens (tertiary/aromatic N) is 3. The summed E-state index contributed by atoms with van der Waals surface area (Å²) in [6.07, 6.45) is 3.97. The van der Waals surface area contributed by atoms with Crippen molar-refractivity contribution in [3.8, 4) is 17.4 Å². The number of esters is 1. The second-order valence-electron chi connectivity index (χ2n) is 8.22. The third-order valence-corrected chi connectivity index (χ3v) is 6.21. The molecule has 1 aliphatic heterocycles. The first-order valence-electron chi connectivity index (χ1n) is 10.9. The SMILES string of the molecule is COC(=O)C[C@H]1c2cc3ccc(OC)cc3nc2Oc2cc(C)n(CCc3cnc[nH]3)c(=O)c21. The Labute approximate surface area is 195 Å². The Morgan fingerprint density at radius 2 is 2.09 bits per heavy atom. The zero-order valence-corrected chi connectivity index (χ0v) is 19.1. The summed E-state index contributed by atoms with van der Waals surface area (Å²) >= 11 is 0. The molecule has 4 heterocycles. The minimum absolute atomic E-state index is 0.00203. The van der Waals surface area contributed by atoms with Crippen LogP contribution in [-0.2, 0) is 22.5 Å². The summed E-state index contributed by atoms with van der Waals surface area (Å²) in [5.41, 5.74) is 3.31. The van der Waals surface area contributed by atoms with Crippen LogP contribution in [0.25, 0.3) is 10.9 Å². The minimum Gasteiger partial charge on any atom is -0.497 e. The molecule has 5 rings (SSSR count). The van der Waals surface area contributed by atoms with Crippen LogP contribution < -0.4 is 15.0 Å². The second-order valence-corrected chi connectivity index (χ2v) is 8.22. The minimum atomic E-state index is -0.545. The number of benzene rings is 1. The Balaban J connectivity index is 1.63. The number of H-pyrrole nitrogens is 1. The zero-order valence-electron chi connectivity index (χ0n) is 19.1. The van der Waals surface area contributed by atoms with Crippen molar-refractivity contribution < 1.29 is 19.0 Å². The number of pyridine rings is 2. The lowest BCUT2D eigenvalue weighted by Crippen LogP contribution is -2.31. The number of hydrogen-bond acceptors (Lipinski definition) is 7. The Morgan fingerprint density at radius 3 is 2.82 bits per heavy atom. The number of imidazole rings is 1.